The lowest BCUT2D eigenvalue weighted by Gasteiger charge is -2.41. The highest BCUT2D eigenvalue weighted by Crippen LogP contribution is 2.51. The molecule has 1 aromatic rings. The molecule has 1 saturated carbocycles. The van der Waals surface area contributed by atoms with Crippen molar-refractivity contribution in [3.63, 3.8) is 0 Å². The number of fused-ring (bicyclic) bond motifs is 4. The SMILES string of the molecule is O=C1CCC2Oc3c(ccc4c3C(C(F)(F)F)=CCN4)N(CC(F)(F)F)C12. The first-order valence-electron chi connectivity index (χ1n) is 8.27. The molecule has 2 aliphatic heterocycles. The van der Waals surface area contributed by atoms with Crippen molar-refractivity contribution in [2.45, 2.75) is 37.3 Å². The van der Waals surface area contributed by atoms with Crippen LogP contribution in [0.25, 0.3) is 5.57 Å². The summed E-state index contributed by atoms with van der Waals surface area (Å²) in [6.07, 6.45) is -9.09. The number of nitrogens with one attached hydrogen (secondary N) is 1. The van der Waals surface area contributed by atoms with Crippen molar-refractivity contribution in [2.75, 3.05) is 23.3 Å². The Morgan fingerprint density at radius 3 is 2.59 bits per heavy atom. The molecule has 4 nitrogen and oxygen atoms in total. The molecule has 1 aliphatic carbocycles. The molecule has 0 aromatic heterocycles. The number of nitrogens with zero attached hydrogens (tertiary/aromatic N) is 1. The summed E-state index contributed by atoms with van der Waals surface area (Å²) < 4.78 is 85.5. The third-order valence-corrected chi connectivity index (χ3v) is 4.93. The summed E-state index contributed by atoms with van der Waals surface area (Å²) in [7, 11) is 0. The average Bonchev–Trinajstić information content (AvgIpc) is 2.93. The number of hydrogen-bond acceptors (Lipinski definition) is 4. The largest absolute Gasteiger partial charge is 0.485 e. The maximum absolute atomic E-state index is 13.5. The van der Waals surface area contributed by atoms with E-state index in [1.54, 1.807) is 0 Å². The minimum absolute atomic E-state index is 0.0279. The minimum atomic E-state index is -4.69. The van der Waals surface area contributed by atoms with Crippen LogP contribution in [-0.4, -0.2) is 43.4 Å². The number of carbonyl (C=O) groups excluding carboxylic acids is 1. The second-order valence-corrected chi connectivity index (χ2v) is 6.68. The number of anilines is 2. The molecule has 10 heteroatoms. The van der Waals surface area contributed by atoms with Crippen molar-refractivity contribution in [3.8, 4) is 5.75 Å². The van der Waals surface area contributed by atoms with Crippen molar-refractivity contribution in [3.05, 3.63) is 23.8 Å². The van der Waals surface area contributed by atoms with Gasteiger partial charge in [-0.05, 0) is 18.6 Å². The zero-order chi connectivity index (χ0) is 19.6. The Labute approximate surface area is 149 Å². The molecule has 4 rings (SSSR count). The molecule has 0 bridgehead atoms. The first kappa shape index (κ1) is 18.0. The number of ether oxygens (including phenoxy) is 1. The summed E-state index contributed by atoms with van der Waals surface area (Å²) in [6.45, 7) is -1.50. The Morgan fingerprint density at radius 2 is 1.93 bits per heavy atom. The van der Waals surface area contributed by atoms with Gasteiger partial charge >= 0.3 is 12.4 Å². The molecule has 0 saturated heterocycles. The number of benzene rings is 1. The molecule has 1 N–H and O–H groups in total. The predicted octanol–water partition coefficient (Wildman–Crippen LogP) is 3.92. The topological polar surface area (TPSA) is 41.6 Å². The maximum Gasteiger partial charge on any atom is 0.416 e. The Kier molecular flexibility index (Phi) is 3.87. The summed E-state index contributed by atoms with van der Waals surface area (Å²) in [5.74, 6) is -0.666. The van der Waals surface area contributed by atoms with Crippen molar-refractivity contribution in [1.29, 1.82) is 0 Å². The maximum atomic E-state index is 13.5. The summed E-state index contributed by atoms with van der Waals surface area (Å²) in [5, 5.41) is 2.78. The van der Waals surface area contributed by atoms with E-state index in [1.807, 2.05) is 0 Å². The van der Waals surface area contributed by atoms with E-state index >= 15 is 0 Å². The second kappa shape index (κ2) is 5.80. The van der Waals surface area contributed by atoms with Crippen molar-refractivity contribution in [2.24, 2.45) is 0 Å². The molecule has 0 radical (unpaired) electrons. The van der Waals surface area contributed by atoms with Crippen LogP contribution in [0.3, 0.4) is 0 Å². The van der Waals surface area contributed by atoms with Crippen molar-refractivity contribution >= 4 is 22.7 Å². The number of alkyl halides is 6. The second-order valence-electron chi connectivity index (χ2n) is 6.68. The Balaban J connectivity index is 1.89. The quantitative estimate of drug-likeness (QED) is 0.736. The Bertz CT molecular complexity index is 830. The van der Waals surface area contributed by atoms with Crippen molar-refractivity contribution in [1.82, 2.24) is 0 Å². The van der Waals surface area contributed by atoms with Gasteiger partial charge in [0.1, 0.15) is 18.7 Å². The first-order valence-corrected chi connectivity index (χ1v) is 8.27. The molecule has 1 aromatic carbocycles. The molecule has 2 unspecified atom stereocenters. The number of hydrogen-bond donors (Lipinski definition) is 1. The van der Waals surface area contributed by atoms with E-state index < -0.39 is 42.4 Å². The van der Waals surface area contributed by atoms with Gasteiger partial charge in [0, 0.05) is 18.7 Å². The molecule has 27 heavy (non-hydrogen) atoms. The van der Waals surface area contributed by atoms with Crippen LogP contribution in [-0.2, 0) is 4.79 Å². The molecule has 0 spiro atoms. The number of allylic oxidation sites excluding steroid dienone is 1. The predicted molar refractivity (Wildman–Crippen MR) is 84.8 cm³/mol. The van der Waals surface area contributed by atoms with E-state index in [1.165, 1.54) is 12.1 Å². The van der Waals surface area contributed by atoms with Crippen LogP contribution in [0.5, 0.6) is 5.75 Å². The van der Waals surface area contributed by atoms with Crippen LogP contribution in [0.1, 0.15) is 18.4 Å². The van der Waals surface area contributed by atoms with E-state index in [4.69, 9.17) is 4.74 Å². The third-order valence-electron chi connectivity index (χ3n) is 4.93. The van der Waals surface area contributed by atoms with Crippen LogP contribution in [0.2, 0.25) is 0 Å². The lowest BCUT2D eigenvalue weighted by molar-refractivity contribution is -0.126. The molecule has 1 fully saturated rings. The molecular weight excluding hydrogens is 378 g/mol. The van der Waals surface area contributed by atoms with E-state index in [0.29, 0.717) is 0 Å². The fourth-order valence-electron chi connectivity index (χ4n) is 3.93. The van der Waals surface area contributed by atoms with Crippen LogP contribution >= 0.6 is 0 Å². The Hall–Kier alpha value is -2.39. The smallest absolute Gasteiger partial charge is 0.416 e. The Morgan fingerprint density at radius 1 is 1.19 bits per heavy atom. The minimum Gasteiger partial charge on any atom is -0.485 e. The number of Topliss-reactive ketones (excluding diaryl/α,β-unsaturated/α-hetero) is 1. The molecular formula is C17H14F6N2O2. The number of rotatable bonds is 1. The van der Waals surface area contributed by atoms with Gasteiger partial charge in [0.15, 0.2) is 11.5 Å². The molecule has 2 heterocycles. The highest BCUT2D eigenvalue weighted by Gasteiger charge is 2.50. The van der Waals surface area contributed by atoms with Crippen LogP contribution in [0.15, 0.2) is 18.2 Å². The summed E-state index contributed by atoms with van der Waals surface area (Å²) in [6, 6.07) is 1.42. The van der Waals surface area contributed by atoms with Gasteiger partial charge in [-0.25, -0.2) is 0 Å². The van der Waals surface area contributed by atoms with Gasteiger partial charge in [-0.3, -0.25) is 4.79 Å². The molecule has 146 valence electrons. The van der Waals surface area contributed by atoms with Gasteiger partial charge in [0.25, 0.3) is 0 Å². The van der Waals surface area contributed by atoms with Gasteiger partial charge in [0.2, 0.25) is 0 Å². The molecule has 0 amide bonds. The highest BCUT2D eigenvalue weighted by atomic mass is 19.4. The van der Waals surface area contributed by atoms with E-state index in [-0.39, 0.29) is 42.1 Å². The molecule has 3 aliphatic rings. The van der Waals surface area contributed by atoms with Crippen LogP contribution in [0, 0.1) is 0 Å². The van der Waals surface area contributed by atoms with Crippen LogP contribution < -0.4 is 15.0 Å². The van der Waals surface area contributed by atoms with E-state index in [0.717, 1.165) is 11.0 Å². The fourth-order valence-corrected chi connectivity index (χ4v) is 3.93. The zero-order valence-electron chi connectivity index (χ0n) is 13.7. The lowest BCUT2D eigenvalue weighted by Crippen LogP contribution is -2.53. The van der Waals surface area contributed by atoms with Gasteiger partial charge in [-0.2, -0.15) is 26.3 Å². The van der Waals surface area contributed by atoms with Gasteiger partial charge < -0.3 is 15.0 Å². The lowest BCUT2D eigenvalue weighted by atomic mass is 9.95. The summed E-state index contributed by atoms with van der Waals surface area (Å²) in [4.78, 5) is 13.0. The number of ketones is 1. The molecule has 2 atom stereocenters. The summed E-state index contributed by atoms with van der Waals surface area (Å²) >= 11 is 0. The van der Waals surface area contributed by atoms with Crippen LogP contribution in [0.4, 0.5) is 37.7 Å². The average molecular weight is 392 g/mol. The number of halogens is 6. The normalized spacial score (nSPS) is 24.4. The van der Waals surface area contributed by atoms with Crippen molar-refractivity contribution < 1.29 is 35.9 Å². The standard InChI is InChI=1S/C17H14F6N2O2/c18-16(19,20)7-25-10-2-1-9-13(8(5-6-24-9)17(21,22)23)15(10)27-12-4-3-11(26)14(12)25/h1-2,5,12,14,24H,3-4,6-7H2. The fraction of sp³-hybridized carbons (Fsp3) is 0.471. The third kappa shape index (κ3) is 3.00. The van der Waals surface area contributed by atoms with Gasteiger partial charge in [-0.1, -0.05) is 6.08 Å². The van der Waals surface area contributed by atoms with Gasteiger partial charge in [0.05, 0.1) is 16.8 Å². The van der Waals surface area contributed by atoms with E-state index in [9.17, 15) is 31.1 Å². The number of carbonyl (C=O) groups is 1. The monoisotopic (exact) mass is 392 g/mol. The first-order chi connectivity index (χ1) is 12.6. The zero-order valence-corrected chi connectivity index (χ0v) is 13.7. The van der Waals surface area contributed by atoms with E-state index in [2.05, 4.69) is 5.32 Å². The highest BCUT2D eigenvalue weighted by molar-refractivity contribution is 5.95. The van der Waals surface area contributed by atoms with Gasteiger partial charge in [-0.15, -0.1) is 0 Å². The summed E-state index contributed by atoms with van der Waals surface area (Å²) in [5.41, 5.74) is -1.28.